The molecule has 0 saturated heterocycles. The van der Waals surface area contributed by atoms with Gasteiger partial charge in [-0.05, 0) is 49.3 Å². The SMILES string of the molecule is O=C(Nc1cccnc1-n1cccn1)C1CC2CCC1C2. The summed E-state index contributed by atoms with van der Waals surface area (Å²) in [6.07, 6.45) is 10.0. The van der Waals surface area contributed by atoms with Crippen molar-refractivity contribution in [3.8, 4) is 5.82 Å². The first-order chi connectivity index (χ1) is 10.3. The third kappa shape index (κ3) is 2.22. The quantitative estimate of drug-likeness (QED) is 0.941. The van der Waals surface area contributed by atoms with Gasteiger partial charge in [-0.15, -0.1) is 0 Å². The Kier molecular flexibility index (Phi) is 2.98. The zero-order valence-electron chi connectivity index (χ0n) is 11.8. The fourth-order valence-electron chi connectivity index (χ4n) is 3.86. The number of aromatic nitrogens is 3. The number of hydrogen-bond donors (Lipinski definition) is 1. The first-order valence-electron chi connectivity index (χ1n) is 7.57. The molecule has 0 radical (unpaired) electrons. The van der Waals surface area contributed by atoms with Crippen LogP contribution >= 0.6 is 0 Å². The smallest absolute Gasteiger partial charge is 0.227 e. The number of nitrogens with zero attached hydrogens (tertiary/aromatic N) is 3. The molecule has 0 aliphatic heterocycles. The molecule has 2 heterocycles. The van der Waals surface area contributed by atoms with E-state index in [2.05, 4.69) is 15.4 Å². The summed E-state index contributed by atoms with van der Waals surface area (Å²) in [4.78, 5) is 16.9. The van der Waals surface area contributed by atoms with Crippen molar-refractivity contribution in [2.75, 3.05) is 5.32 Å². The molecule has 0 aromatic carbocycles. The Morgan fingerprint density at radius 3 is 2.90 bits per heavy atom. The molecule has 3 atom stereocenters. The molecule has 1 N–H and O–H groups in total. The van der Waals surface area contributed by atoms with Crippen LogP contribution in [-0.4, -0.2) is 20.7 Å². The number of hydrogen-bond acceptors (Lipinski definition) is 3. The summed E-state index contributed by atoms with van der Waals surface area (Å²) in [6.45, 7) is 0. The van der Waals surface area contributed by atoms with E-state index in [1.165, 1.54) is 19.3 Å². The molecule has 5 heteroatoms. The zero-order chi connectivity index (χ0) is 14.2. The number of anilines is 1. The largest absolute Gasteiger partial charge is 0.323 e. The van der Waals surface area contributed by atoms with Crippen molar-refractivity contribution in [1.29, 1.82) is 0 Å². The molecule has 0 spiro atoms. The van der Waals surface area contributed by atoms with Gasteiger partial charge in [0.2, 0.25) is 5.91 Å². The van der Waals surface area contributed by atoms with Gasteiger partial charge >= 0.3 is 0 Å². The van der Waals surface area contributed by atoms with Gasteiger partial charge in [-0.25, -0.2) is 9.67 Å². The topological polar surface area (TPSA) is 59.8 Å². The fraction of sp³-hybridized carbons (Fsp3) is 0.438. The third-order valence-corrected chi connectivity index (χ3v) is 4.84. The van der Waals surface area contributed by atoms with Crippen LogP contribution in [-0.2, 0) is 4.79 Å². The number of rotatable bonds is 3. The molecule has 2 fully saturated rings. The van der Waals surface area contributed by atoms with E-state index in [0.717, 1.165) is 18.0 Å². The summed E-state index contributed by atoms with van der Waals surface area (Å²) in [5, 5.41) is 7.26. The van der Waals surface area contributed by atoms with Gasteiger partial charge in [0.25, 0.3) is 0 Å². The lowest BCUT2D eigenvalue weighted by Crippen LogP contribution is -2.27. The molecule has 21 heavy (non-hydrogen) atoms. The fourth-order valence-corrected chi connectivity index (χ4v) is 3.86. The van der Waals surface area contributed by atoms with Gasteiger partial charge in [0.15, 0.2) is 5.82 Å². The van der Waals surface area contributed by atoms with Crippen LogP contribution in [0.15, 0.2) is 36.8 Å². The lowest BCUT2D eigenvalue weighted by atomic mass is 9.88. The second-order valence-corrected chi connectivity index (χ2v) is 6.10. The molecule has 2 aromatic heterocycles. The highest BCUT2D eigenvalue weighted by Gasteiger charge is 2.43. The second-order valence-electron chi connectivity index (χ2n) is 6.10. The maximum Gasteiger partial charge on any atom is 0.227 e. The van der Waals surface area contributed by atoms with Crippen LogP contribution < -0.4 is 5.32 Å². The Balaban J connectivity index is 1.56. The van der Waals surface area contributed by atoms with Crippen molar-refractivity contribution in [3.63, 3.8) is 0 Å². The molecule has 108 valence electrons. The Labute approximate surface area is 123 Å². The van der Waals surface area contributed by atoms with Crippen LogP contribution in [0.3, 0.4) is 0 Å². The van der Waals surface area contributed by atoms with Crippen molar-refractivity contribution < 1.29 is 4.79 Å². The molecule has 2 aliphatic carbocycles. The van der Waals surface area contributed by atoms with Crippen molar-refractivity contribution in [3.05, 3.63) is 36.8 Å². The molecular weight excluding hydrogens is 264 g/mol. The minimum atomic E-state index is 0.142. The highest BCUT2D eigenvalue weighted by Crippen LogP contribution is 2.48. The summed E-state index contributed by atoms with van der Waals surface area (Å²) in [5.74, 6) is 2.34. The summed E-state index contributed by atoms with van der Waals surface area (Å²) in [6, 6.07) is 5.56. The first kappa shape index (κ1) is 12.6. The third-order valence-electron chi connectivity index (χ3n) is 4.84. The lowest BCUT2D eigenvalue weighted by Gasteiger charge is -2.21. The van der Waals surface area contributed by atoms with E-state index in [1.807, 2.05) is 24.4 Å². The van der Waals surface area contributed by atoms with Crippen LogP contribution in [0.4, 0.5) is 5.69 Å². The molecular formula is C16H18N4O. The number of amides is 1. The van der Waals surface area contributed by atoms with Crippen LogP contribution in [0.2, 0.25) is 0 Å². The van der Waals surface area contributed by atoms with Crippen molar-refractivity contribution in [2.24, 2.45) is 17.8 Å². The summed E-state index contributed by atoms with van der Waals surface area (Å²) in [5.41, 5.74) is 0.731. The molecule has 1 amide bonds. The van der Waals surface area contributed by atoms with Gasteiger partial charge in [-0.2, -0.15) is 5.10 Å². The Morgan fingerprint density at radius 1 is 1.24 bits per heavy atom. The summed E-state index contributed by atoms with van der Waals surface area (Å²) in [7, 11) is 0. The van der Waals surface area contributed by atoms with E-state index in [-0.39, 0.29) is 11.8 Å². The molecule has 2 aromatic rings. The second kappa shape index (κ2) is 4.98. The number of carbonyl (C=O) groups excluding carboxylic acids is 1. The minimum absolute atomic E-state index is 0.142. The van der Waals surface area contributed by atoms with Gasteiger partial charge in [0.05, 0.1) is 5.69 Å². The zero-order valence-corrected chi connectivity index (χ0v) is 11.8. The first-order valence-corrected chi connectivity index (χ1v) is 7.57. The van der Waals surface area contributed by atoms with Crippen molar-refractivity contribution >= 4 is 11.6 Å². The predicted molar refractivity (Wildman–Crippen MR) is 78.9 cm³/mol. The molecule has 4 rings (SSSR count). The molecule has 2 saturated carbocycles. The lowest BCUT2D eigenvalue weighted by molar-refractivity contribution is -0.121. The maximum absolute atomic E-state index is 12.6. The molecule has 5 nitrogen and oxygen atoms in total. The van der Waals surface area contributed by atoms with E-state index in [0.29, 0.717) is 11.7 Å². The Morgan fingerprint density at radius 2 is 2.19 bits per heavy atom. The maximum atomic E-state index is 12.6. The van der Waals surface area contributed by atoms with Crippen LogP contribution in [0.25, 0.3) is 5.82 Å². The highest BCUT2D eigenvalue weighted by atomic mass is 16.1. The van der Waals surface area contributed by atoms with Gasteiger partial charge in [-0.1, -0.05) is 6.42 Å². The normalized spacial score (nSPS) is 27.0. The molecule has 2 aliphatic rings. The van der Waals surface area contributed by atoms with Gasteiger partial charge < -0.3 is 5.32 Å². The molecule has 3 unspecified atom stereocenters. The highest BCUT2D eigenvalue weighted by molar-refractivity contribution is 5.94. The van der Waals surface area contributed by atoms with Gasteiger partial charge in [0.1, 0.15) is 0 Å². The predicted octanol–water partition coefficient (Wildman–Crippen LogP) is 2.64. The summed E-state index contributed by atoms with van der Waals surface area (Å²) >= 11 is 0. The number of nitrogens with one attached hydrogen (secondary N) is 1. The van der Waals surface area contributed by atoms with Crippen molar-refractivity contribution in [2.45, 2.75) is 25.7 Å². The van der Waals surface area contributed by atoms with Crippen LogP contribution in [0.5, 0.6) is 0 Å². The molecule has 2 bridgehead atoms. The van der Waals surface area contributed by atoms with Crippen LogP contribution in [0.1, 0.15) is 25.7 Å². The van der Waals surface area contributed by atoms with E-state index in [1.54, 1.807) is 17.1 Å². The Hall–Kier alpha value is -2.17. The monoisotopic (exact) mass is 282 g/mol. The average Bonchev–Trinajstić information content (AvgIpc) is 3.25. The number of carbonyl (C=O) groups is 1. The average molecular weight is 282 g/mol. The minimum Gasteiger partial charge on any atom is -0.323 e. The number of pyridine rings is 1. The summed E-state index contributed by atoms with van der Waals surface area (Å²) < 4.78 is 1.68. The van der Waals surface area contributed by atoms with Gasteiger partial charge in [0, 0.05) is 24.5 Å². The van der Waals surface area contributed by atoms with Crippen molar-refractivity contribution in [1.82, 2.24) is 14.8 Å². The standard InChI is InChI=1S/C16H18N4O/c21-16(13-10-11-4-5-12(13)9-11)19-14-3-1-6-17-15(14)20-8-2-7-18-20/h1-3,6-8,11-13H,4-5,9-10H2,(H,19,21). The van der Waals surface area contributed by atoms with E-state index in [4.69, 9.17) is 0 Å². The Bertz CT molecular complexity index is 652. The van der Waals surface area contributed by atoms with Crippen LogP contribution in [0, 0.1) is 17.8 Å². The van der Waals surface area contributed by atoms with Gasteiger partial charge in [-0.3, -0.25) is 4.79 Å². The van der Waals surface area contributed by atoms with E-state index < -0.39 is 0 Å². The van der Waals surface area contributed by atoms with E-state index in [9.17, 15) is 4.79 Å². The number of fused-ring (bicyclic) bond motifs is 2. The van der Waals surface area contributed by atoms with E-state index >= 15 is 0 Å².